The van der Waals surface area contributed by atoms with E-state index in [0.29, 0.717) is 17.3 Å². The minimum Gasteiger partial charge on any atom is -0.327 e. The molecule has 2 rings (SSSR count). The zero-order valence-electron chi connectivity index (χ0n) is 10.5. The zero-order valence-corrected chi connectivity index (χ0v) is 12.1. The van der Waals surface area contributed by atoms with Crippen LogP contribution < -0.4 is 0 Å². The zero-order chi connectivity index (χ0) is 12.4. The molecule has 0 fully saturated rings. The molecule has 0 atom stereocenters. The van der Waals surface area contributed by atoms with Gasteiger partial charge in [0.2, 0.25) is 0 Å². The molecule has 0 aliphatic heterocycles. The van der Waals surface area contributed by atoms with E-state index in [1.807, 2.05) is 0 Å². The molecular weight excluding hydrogens is 274 g/mol. The lowest BCUT2D eigenvalue weighted by atomic mass is 10.1. The van der Waals surface area contributed by atoms with Crippen LogP contribution >= 0.6 is 24.0 Å². The van der Waals surface area contributed by atoms with E-state index in [1.165, 1.54) is 12.1 Å². The summed E-state index contributed by atoms with van der Waals surface area (Å²) in [4.78, 5) is 4.36. The summed E-state index contributed by atoms with van der Waals surface area (Å²) < 4.78 is 15.2. The van der Waals surface area contributed by atoms with Crippen molar-refractivity contribution in [1.82, 2.24) is 9.55 Å². The first kappa shape index (κ1) is 15.3. The van der Waals surface area contributed by atoms with Gasteiger partial charge in [-0.25, -0.2) is 9.37 Å². The molecule has 0 aliphatic carbocycles. The van der Waals surface area contributed by atoms with Crippen LogP contribution in [0, 0.1) is 11.7 Å². The fraction of sp³-hybridized carbons (Fsp3) is 0.462. The summed E-state index contributed by atoms with van der Waals surface area (Å²) >= 11 is 5.88. The highest BCUT2D eigenvalue weighted by Gasteiger charge is 2.10. The van der Waals surface area contributed by atoms with Crippen LogP contribution in [-0.4, -0.2) is 9.55 Å². The number of benzene rings is 1. The smallest absolute Gasteiger partial charge is 0.125 e. The predicted molar refractivity (Wildman–Crippen MR) is 76.0 cm³/mol. The quantitative estimate of drug-likeness (QED) is 0.764. The number of fused-ring (bicyclic) bond motifs is 1. The number of aromatic nitrogens is 2. The van der Waals surface area contributed by atoms with Gasteiger partial charge in [-0.15, -0.1) is 24.0 Å². The van der Waals surface area contributed by atoms with E-state index in [9.17, 15) is 4.39 Å². The second-order valence-electron chi connectivity index (χ2n) is 4.63. The van der Waals surface area contributed by atoms with Gasteiger partial charge in [-0.05, 0) is 24.5 Å². The summed E-state index contributed by atoms with van der Waals surface area (Å²) in [5.74, 6) is 1.53. The van der Waals surface area contributed by atoms with Gasteiger partial charge in [0.25, 0.3) is 0 Å². The first-order valence-corrected chi connectivity index (χ1v) is 6.36. The monoisotopic (exact) mass is 290 g/mol. The molecule has 0 radical (unpaired) electrons. The lowest BCUT2D eigenvalue weighted by Crippen LogP contribution is -2.04. The molecule has 2 aromatic rings. The Hall–Kier alpha value is -0.800. The van der Waals surface area contributed by atoms with Crippen molar-refractivity contribution >= 4 is 35.0 Å². The topological polar surface area (TPSA) is 17.8 Å². The van der Waals surface area contributed by atoms with Crippen LogP contribution in [0.5, 0.6) is 0 Å². The van der Waals surface area contributed by atoms with Crippen molar-refractivity contribution in [2.24, 2.45) is 5.92 Å². The van der Waals surface area contributed by atoms with Crippen LogP contribution in [0.3, 0.4) is 0 Å². The van der Waals surface area contributed by atoms with Gasteiger partial charge in [-0.1, -0.05) is 13.8 Å². The maximum Gasteiger partial charge on any atom is 0.125 e. The van der Waals surface area contributed by atoms with E-state index >= 15 is 0 Å². The molecule has 0 saturated carbocycles. The second-order valence-corrected chi connectivity index (χ2v) is 4.90. The molecule has 0 aliphatic rings. The first-order chi connectivity index (χ1) is 8.11. The highest BCUT2D eigenvalue weighted by Crippen LogP contribution is 2.20. The number of nitrogens with zero attached hydrogens (tertiary/aromatic N) is 2. The van der Waals surface area contributed by atoms with Crippen LogP contribution in [0.2, 0.25) is 0 Å². The maximum absolute atomic E-state index is 13.1. The van der Waals surface area contributed by atoms with Gasteiger partial charge >= 0.3 is 0 Å². The largest absolute Gasteiger partial charge is 0.327 e. The third-order valence-electron chi connectivity index (χ3n) is 2.84. The van der Waals surface area contributed by atoms with Gasteiger partial charge in [0.1, 0.15) is 11.6 Å². The van der Waals surface area contributed by atoms with E-state index in [1.54, 1.807) is 6.07 Å². The molecule has 100 valence electrons. The van der Waals surface area contributed by atoms with Crippen LogP contribution in [0.25, 0.3) is 11.0 Å². The van der Waals surface area contributed by atoms with Crippen LogP contribution in [0.15, 0.2) is 18.2 Å². The Morgan fingerprint density at radius 1 is 1.39 bits per heavy atom. The van der Waals surface area contributed by atoms with Gasteiger partial charge < -0.3 is 4.57 Å². The Morgan fingerprint density at radius 2 is 2.11 bits per heavy atom. The SMILES string of the molecule is CC(C)CCn1c(CCl)nc2cc(F)ccc21.Cl. The Bertz CT molecular complexity index is 523. The van der Waals surface area contributed by atoms with Gasteiger partial charge in [0, 0.05) is 12.6 Å². The minimum absolute atomic E-state index is 0. The summed E-state index contributed by atoms with van der Waals surface area (Å²) in [6.07, 6.45) is 1.06. The van der Waals surface area contributed by atoms with Crippen molar-refractivity contribution in [3.05, 3.63) is 29.8 Å². The van der Waals surface area contributed by atoms with Gasteiger partial charge in [-0.2, -0.15) is 0 Å². The number of hydrogen-bond donors (Lipinski definition) is 0. The number of imidazole rings is 1. The summed E-state index contributed by atoms with van der Waals surface area (Å²) in [7, 11) is 0. The lowest BCUT2D eigenvalue weighted by Gasteiger charge is -2.09. The third kappa shape index (κ3) is 3.15. The minimum atomic E-state index is -0.257. The van der Waals surface area contributed by atoms with Gasteiger partial charge in [0.15, 0.2) is 0 Å². The highest BCUT2D eigenvalue weighted by atomic mass is 35.5. The van der Waals surface area contributed by atoms with Gasteiger partial charge in [-0.3, -0.25) is 0 Å². The standard InChI is InChI=1S/C13H16ClFN2.ClH/c1-9(2)5-6-17-12-4-3-10(15)7-11(12)16-13(17)8-14;/h3-4,7,9H,5-6,8H2,1-2H3;1H. The van der Waals surface area contributed by atoms with E-state index in [4.69, 9.17) is 11.6 Å². The van der Waals surface area contributed by atoms with E-state index < -0.39 is 0 Å². The molecule has 0 N–H and O–H groups in total. The molecule has 0 unspecified atom stereocenters. The van der Waals surface area contributed by atoms with Crippen molar-refractivity contribution in [2.75, 3.05) is 0 Å². The number of aryl methyl sites for hydroxylation is 1. The number of alkyl halides is 1. The van der Waals surface area contributed by atoms with Crippen molar-refractivity contribution < 1.29 is 4.39 Å². The van der Waals surface area contributed by atoms with Crippen molar-refractivity contribution in [2.45, 2.75) is 32.7 Å². The molecular formula is C13H17Cl2FN2. The predicted octanol–water partition coefficient (Wildman–Crippen LogP) is 4.38. The summed E-state index contributed by atoms with van der Waals surface area (Å²) in [6, 6.07) is 4.69. The molecule has 2 nitrogen and oxygen atoms in total. The molecule has 0 saturated heterocycles. The second kappa shape index (κ2) is 6.39. The highest BCUT2D eigenvalue weighted by molar-refractivity contribution is 6.16. The first-order valence-electron chi connectivity index (χ1n) is 5.82. The molecule has 0 bridgehead atoms. The Labute approximate surface area is 118 Å². The van der Waals surface area contributed by atoms with Crippen molar-refractivity contribution in [1.29, 1.82) is 0 Å². The Morgan fingerprint density at radius 3 is 2.72 bits per heavy atom. The van der Waals surface area contributed by atoms with E-state index in [0.717, 1.165) is 24.3 Å². The third-order valence-corrected chi connectivity index (χ3v) is 3.08. The number of hydrogen-bond acceptors (Lipinski definition) is 1. The van der Waals surface area contributed by atoms with Crippen LogP contribution in [-0.2, 0) is 12.4 Å². The van der Waals surface area contributed by atoms with Crippen LogP contribution in [0.1, 0.15) is 26.1 Å². The van der Waals surface area contributed by atoms with E-state index in [-0.39, 0.29) is 18.2 Å². The molecule has 0 spiro atoms. The number of halogens is 3. The maximum atomic E-state index is 13.1. The molecule has 1 heterocycles. The molecule has 0 amide bonds. The fourth-order valence-corrected chi connectivity index (χ4v) is 2.10. The summed E-state index contributed by atoms with van der Waals surface area (Å²) in [6.45, 7) is 5.24. The molecule has 18 heavy (non-hydrogen) atoms. The Balaban J connectivity index is 0.00000162. The van der Waals surface area contributed by atoms with Crippen molar-refractivity contribution in [3.8, 4) is 0 Å². The molecule has 1 aromatic carbocycles. The summed E-state index contributed by atoms with van der Waals surface area (Å²) in [5.41, 5.74) is 1.65. The average molecular weight is 291 g/mol. The molecule has 5 heteroatoms. The average Bonchev–Trinajstić information content (AvgIpc) is 2.63. The van der Waals surface area contributed by atoms with Gasteiger partial charge in [0.05, 0.1) is 16.9 Å². The lowest BCUT2D eigenvalue weighted by molar-refractivity contribution is 0.516. The normalized spacial score (nSPS) is 10.9. The number of rotatable bonds is 4. The van der Waals surface area contributed by atoms with Crippen LogP contribution in [0.4, 0.5) is 4.39 Å². The van der Waals surface area contributed by atoms with E-state index in [2.05, 4.69) is 23.4 Å². The Kier molecular flexibility index (Phi) is 5.42. The van der Waals surface area contributed by atoms with Crippen molar-refractivity contribution in [3.63, 3.8) is 0 Å². The summed E-state index contributed by atoms with van der Waals surface area (Å²) in [5, 5.41) is 0. The molecule has 1 aromatic heterocycles. The fourth-order valence-electron chi connectivity index (χ4n) is 1.89.